The van der Waals surface area contributed by atoms with Gasteiger partial charge in [0.2, 0.25) is 5.95 Å². The lowest BCUT2D eigenvalue weighted by molar-refractivity contribution is 0.354. The first-order chi connectivity index (χ1) is 7.91. The van der Waals surface area contributed by atoms with Crippen molar-refractivity contribution in [3.8, 4) is 0 Å². The van der Waals surface area contributed by atoms with Crippen molar-refractivity contribution in [3.05, 3.63) is 17.5 Å². The molecule has 1 aromatic heterocycles. The van der Waals surface area contributed by atoms with Crippen molar-refractivity contribution in [2.45, 2.75) is 13.0 Å². The highest BCUT2D eigenvalue weighted by Gasteiger charge is 2.29. The number of nitrogens with zero attached hydrogens (tertiary/aromatic N) is 4. The summed E-state index contributed by atoms with van der Waals surface area (Å²) in [7, 11) is -0.364. The van der Waals surface area contributed by atoms with E-state index < -0.39 is 10.2 Å². The first-order valence-corrected chi connectivity index (χ1v) is 6.59. The van der Waals surface area contributed by atoms with Crippen LogP contribution in [0, 0.1) is 0 Å². The van der Waals surface area contributed by atoms with Crippen LogP contribution in [-0.2, 0) is 23.2 Å². The normalized spacial score (nSPS) is 17.1. The maximum Gasteiger partial charge on any atom is 0.281 e. The highest BCUT2D eigenvalue weighted by atomic mass is 32.2. The zero-order valence-electron chi connectivity index (χ0n) is 9.79. The SMILES string of the molecule is CN(C)S(=O)(=O)N1CCc2cnc(N)nc2C1. The van der Waals surface area contributed by atoms with Gasteiger partial charge in [-0.1, -0.05) is 0 Å². The molecule has 1 aromatic rings. The van der Waals surface area contributed by atoms with Crippen LogP contribution in [0.15, 0.2) is 6.20 Å². The van der Waals surface area contributed by atoms with Crippen LogP contribution >= 0.6 is 0 Å². The second kappa shape index (κ2) is 4.21. The van der Waals surface area contributed by atoms with E-state index >= 15 is 0 Å². The average molecular weight is 257 g/mol. The first kappa shape index (κ1) is 12.2. The molecule has 1 aliphatic heterocycles. The lowest BCUT2D eigenvalue weighted by Crippen LogP contribution is -2.43. The van der Waals surface area contributed by atoms with E-state index in [-0.39, 0.29) is 12.5 Å². The molecule has 0 aliphatic carbocycles. The fourth-order valence-electron chi connectivity index (χ4n) is 1.72. The Kier molecular flexibility index (Phi) is 3.02. The monoisotopic (exact) mass is 257 g/mol. The van der Waals surface area contributed by atoms with Crippen LogP contribution in [0.25, 0.3) is 0 Å². The fourth-order valence-corrected chi connectivity index (χ4v) is 2.79. The van der Waals surface area contributed by atoms with Gasteiger partial charge < -0.3 is 5.73 Å². The van der Waals surface area contributed by atoms with Gasteiger partial charge >= 0.3 is 0 Å². The van der Waals surface area contributed by atoms with E-state index in [2.05, 4.69) is 9.97 Å². The highest BCUT2D eigenvalue weighted by Crippen LogP contribution is 2.20. The number of nitrogens with two attached hydrogens (primary N) is 1. The Labute approximate surface area is 100 Å². The van der Waals surface area contributed by atoms with Crippen molar-refractivity contribution in [1.29, 1.82) is 0 Å². The van der Waals surface area contributed by atoms with Gasteiger partial charge in [-0.05, 0) is 12.0 Å². The predicted molar refractivity (Wildman–Crippen MR) is 63.2 cm³/mol. The summed E-state index contributed by atoms with van der Waals surface area (Å²) in [5.41, 5.74) is 7.15. The summed E-state index contributed by atoms with van der Waals surface area (Å²) in [6.45, 7) is 0.698. The molecule has 1 aliphatic rings. The molecule has 0 amide bonds. The van der Waals surface area contributed by atoms with Gasteiger partial charge in [0.1, 0.15) is 0 Å². The third-order valence-electron chi connectivity index (χ3n) is 2.72. The van der Waals surface area contributed by atoms with E-state index in [0.29, 0.717) is 18.7 Å². The summed E-state index contributed by atoms with van der Waals surface area (Å²) in [5.74, 6) is 0.174. The number of hydrogen-bond acceptors (Lipinski definition) is 5. The fraction of sp³-hybridized carbons (Fsp3) is 0.556. The van der Waals surface area contributed by atoms with E-state index in [0.717, 1.165) is 5.56 Å². The maximum atomic E-state index is 12.0. The Morgan fingerprint density at radius 3 is 2.82 bits per heavy atom. The van der Waals surface area contributed by atoms with Crippen LogP contribution in [0.1, 0.15) is 11.3 Å². The van der Waals surface area contributed by atoms with Gasteiger partial charge in [-0.3, -0.25) is 0 Å². The molecule has 0 aromatic carbocycles. The van der Waals surface area contributed by atoms with Crippen molar-refractivity contribution in [2.24, 2.45) is 0 Å². The molecule has 0 radical (unpaired) electrons. The number of rotatable bonds is 2. The molecule has 17 heavy (non-hydrogen) atoms. The average Bonchev–Trinajstić information content (AvgIpc) is 2.27. The largest absolute Gasteiger partial charge is 0.368 e. The summed E-state index contributed by atoms with van der Waals surface area (Å²) in [5, 5.41) is 0. The number of fused-ring (bicyclic) bond motifs is 1. The summed E-state index contributed by atoms with van der Waals surface area (Å²) in [6.07, 6.45) is 2.28. The molecule has 94 valence electrons. The third-order valence-corrected chi connectivity index (χ3v) is 4.60. The van der Waals surface area contributed by atoms with E-state index in [1.807, 2.05) is 0 Å². The standard InChI is InChI=1S/C9H15N5O2S/c1-13(2)17(15,16)14-4-3-7-5-11-9(10)12-8(7)6-14/h5H,3-4,6H2,1-2H3,(H2,10,11,12). The van der Waals surface area contributed by atoms with Crippen molar-refractivity contribution >= 4 is 16.2 Å². The molecular formula is C9H15N5O2S. The molecule has 0 bridgehead atoms. The second-order valence-corrected chi connectivity index (χ2v) is 6.22. The Bertz CT molecular complexity index is 528. The van der Waals surface area contributed by atoms with Crippen LogP contribution in [0.3, 0.4) is 0 Å². The minimum Gasteiger partial charge on any atom is -0.368 e. The van der Waals surface area contributed by atoms with Crippen LogP contribution in [-0.4, -0.2) is 47.6 Å². The zero-order valence-corrected chi connectivity index (χ0v) is 10.6. The molecule has 0 saturated carbocycles. The molecule has 2 N–H and O–H groups in total. The van der Waals surface area contributed by atoms with Gasteiger partial charge in [-0.2, -0.15) is 17.0 Å². The van der Waals surface area contributed by atoms with Crippen molar-refractivity contribution in [1.82, 2.24) is 18.6 Å². The van der Waals surface area contributed by atoms with Crippen LogP contribution in [0.2, 0.25) is 0 Å². The summed E-state index contributed by atoms with van der Waals surface area (Å²) < 4.78 is 26.5. The molecule has 0 fully saturated rings. The van der Waals surface area contributed by atoms with Crippen LogP contribution in [0.4, 0.5) is 5.95 Å². The molecule has 2 heterocycles. The number of aromatic nitrogens is 2. The second-order valence-electron chi connectivity index (χ2n) is 4.07. The van der Waals surface area contributed by atoms with Crippen LogP contribution in [0.5, 0.6) is 0 Å². The van der Waals surface area contributed by atoms with Crippen LogP contribution < -0.4 is 5.73 Å². The first-order valence-electron chi connectivity index (χ1n) is 5.19. The topological polar surface area (TPSA) is 92.4 Å². The van der Waals surface area contributed by atoms with Crippen molar-refractivity contribution < 1.29 is 8.42 Å². The van der Waals surface area contributed by atoms with E-state index in [4.69, 9.17) is 5.73 Å². The zero-order chi connectivity index (χ0) is 12.6. The van der Waals surface area contributed by atoms with Gasteiger partial charge in [-0.15, -0.1) is 0 Å². The number of nitrogen functional groups attached to an aromatic ring is 1. The van der Waals surface area contributed by atoms with Gasteiger partial charge in [0, 0.05) is 26.8 Å². The molecule has 0 unspecified atom stereocenters. The highest BCUT2D eigenvalue weighted by molar-refractivity contribution is 7.86. The third kappa shape index (κ3) is 2.24. The van der Waals surface area contributed by atoms with E-state index in [9.17, 15) is 8.42 Å². The smallest absolute Gasteiger partial charge is 0.281 e. The lowest BCUT2D eigenvalue weighted by atomic mass is 10.1. The van der Waals surface area contributed by atoms with Gasteiger partial charge in [0.05, 0.1) is 12.2 Å². The Morgan fingerprint density at radius 1 is 1.47 bits per heavy atom. The predicted octanol–water partition coefficient (Wildman–Crippen LogP) is -0.777. The Hall–Kier alpha value is -1.25. The number of anilines is 1. The Morgan fingerprint density at radius 2 is 2.18 bits per heavy atom. The lowest BCUT2D eigenvalue weighted by Gasteiger charge is -2.29. The minimum atomic E-state index is -3.39. The molecule has 2 rings (SSSR count). The van der Waals surface area contributed by atoms with Gasteiger partial charge in [0.15, 0.2) is 0 Å². The molecule has 0 spiro atoms. The van der Waals surface area contributed by atoms with Crippen molar-refractivity contribution in [2.75, 3.05) is 26.4 Å². The summed E-state index contributed by atoms with van der Waals surface area (Å²) in [4.78, 5) is 7.98. The number of hydrogen-bond donors (Lipinski definition) is 1. The van der Waals surface area contributed by atoms with Crippen molar-refractivity contribution in [3.63, 3.8) is 0 Å². The molecule has 7 nitrogen and oxygen atoms in total. The molecule has 0 atom stereocenters. The van der Waals surface area contributed by atoms with Gasteiger partial charge in [-0.25, -0.2) is 9.97 Å². The molecular weight excluding hydrogens is 242 g/mol. The summed E-state index contributed by atoms with van der Waals surface area (Å²) in [6, 6.07) is 0. The minimum absolute atomic E-state index is 0.174. The quantitative estimate of drug-likeness (QED) is 0.750. The van der Waals surface area contributed by atoms with E-state index in [1.54, 1.807) is 6.20 Å². The van der Waals surface area contributed by atoms with E-state index in [1.165, 1.54) is 22.7 Å². The molecule has 8 heteroatoms. The summed E-state index contributed by atoms with van der Waals surface area (Å²) >= 11 is 0. The Balaban J connectivity index is 2.30. The molecule has 0 saturated heterocycles. The van der Waals surface area contributed by atoms with Gasteiger partial charge in [0.25, 0.3) is 10.2 Å². The maximum absolute atomic E-state index is 12.0.